The van der Waals surface area contributed by atoms with Crippen LogP contribution in [0.4, 0.5) is 14.5 Å². The second-order valence-corrected chi connectivity index (χ2v) is 7.82. The number of ether oxygens (including phenoxy) is 2. The maximum atomic E-state index is 14.7. The van der Waals surface area contributed by atoms with Crippen LogP contribution in [0.15, 0.2) is 36.4 Å². The molecule has 1 fully saturated rings. The Morgan fingerprint density at radius 3 is 2.61 bits per heavy atom. The summed E-state index contributed by atoms with van der Waals surface area (Å²) < 4.78 is 38.4. The highest BCUT2D eigenvalue weighted by Gasteiger charge is 2.31. The van der Waals surface area contributed by atoms with E-state index in [0.717, 1.165) is 0 Å². The quantitative estimate of drug-likeness (QED) is 0.420. The van der Waals surface area contributed by atoms with Crippen LogP contribution in [0.3, 0.4) is 0 Å². The van der Waals surface area contributed by atoms with Crippen LogP contribution in [0.1, 0.15) is 37.0 Å². The number of methoxy groups -OCH3 is 1. The molecule has 1 saturated heterocycles. The predicted molar refractivity (Wildman–Crippen MR) is 127 cm³/mol. The zero-order valence-electron chi connectivity index (χ0n) is 19.2. The Morgan fingerprint density at radius 2 is 1.97 bits per heavy atom. The fraction of sp³-hybridized carbons (Fsp3) is 0.458. The summed E-state index contributed by atoms with van der Waals surface area (Å²) in [6.45, 7) is 6.00. The van der Waals surface area contributed by atoms with Gasteiger partial charge in [-0.2, -0.15) is 0 Å². The molecule has 6 nitrogen and oxygen atoms in total. The zero-order chi connectivity index (χ0) is 24.4. The van der Waals surface area contributed by atoms with Crippen molar-refractivity contribution in [3.8, 4) is 11.5 Å². The van der Waals surface area contributed by atoms with E-state index in [-0.39, 0.29) is 28.7 Å². The van der Waals surface area contributed by atoms with Gasteiger partial charge in [0, 0.05) is 25.7 Å². The van der Waals surface area contributed by atoms with Gasteiger partial charge in [-0.1, -0.05) is 25.4 Å². The Labute approximate surface area is 199 Å². The third-order valence-corrected chi connectivity index (χ3v) is 5.53. The minimum atomic E-state index is -1.20. The molecule has 0 aliphatic carbocycles. The molecule has 1 aliphatic heterocycles. The van der Waals surface area contributed by atoms with Crippen LogP contribution in [0.5, 0.6) is 11.5 Å². The Kier molecular flexibility index (Phi) is 10.7. The molecule has 3 N–H and O–H groups in total. The molecule has 0 aromatic heterocycles. The molecule has 1 heterocycles. The number of nitrogens with zero attached hydrogens (tertiary/aromatic N) is 1. The number of nitrogens with one attached hydrogen (secondary N) is 1. The molecule has 182 valence electrons. The molecule has 0 spiro atoms. The molecule has 0 radical (unpaired) electrons. The van der Waals surface area contributed by atoms with Crippen LogP contribution in [-0.4, -0.2) is 56.4 Å². The lowest BCUT2D eigenvalue weighted by Gasteiger charge is -2.35. The lowest BCUT2D eigenvalue weighted by Crippen LogP contribution is -2.52. The molecule has 1 aliphatic rings. The van der Waals surface area contributed by atoms with Gasteiger partial charge in [0.15, 0.2) is 0 Å². The molecule has 2 aromatic carbocycles. The molecule has 9 heteroatoms. The van der Waals surface area contributed by atoms with Crippen LogP contribution in [0.2, 0.25) is 5.02 Å². The van der Waals surface area contributed by atoms with E-state index in [1.54, 1.807) is 12.1 Å². The number of hydrogen-bond acceptors (Lipinski definition) is 5. The van der Waals surface area contributed by atoms with Gasteiger partial charge in [0.25, 0.3) is 5.91 Å². The highest BCUT2D eigenvalue weighted by Crippen LogP contribution is 2.29. The molecule has 2 aromatic rings. The number of rotatable bonds is 8. The molecular formula is C24H32ClF2N3O3. The third-order valence-electron chi connectivity index (χ3n) is 5.21. The number of amides is 1. The van der Waals surface area contributed by atoms with E-state index in [4.69, 9.17) is 26.8 Å². The normalized spacial score (nSPS) is 18.1. The lowest BCUT2D eigenvalue weighted by molar-refractivity contribution is 0.0764. The molecule has 0 bridgehead atoms. The van der Waals surface area contributed by atoms with E-state index in [1.807, 2.05) is 18.7 Å². The fourth-order valence-corrected chi connectivity index (χ4v) is 3.67. The van der Waals surface area contributed by atoms with E-state index < -0.39 is 18.1 Å². The first-order valence-electron chi connectivity index (χ1n) is 11.1. The zero-order valence-corrected chi connectivity index (χ0v) is 20.0. The van der Waals surface area contributed by atoms with E-state index >= 15 is 0 Å². The van der Waals surface area contributed by atoms with Gasteiger partial charge in [-0.05, 0) is 43.2 Å². The first-order valence-corrected chi connectivity index (χ1v) is 11.4. The maximum Gasteiger partial charge on any atom is 0.255 e. The predicted octanol–water partition coefficient (Wildman–Crippen LogP) is 4.71. The molecule has 0 saturated carbocycles. The number of benzene rings is 2. The second kappa shape index (κ2) is 13.2. The highest BCUT2D eigenvalue weighted by molar-refractivity contribution is 6.33. The number of carbonyl (C=O) groups is 1. The van der Waals surface area contributed by atoms with Crippen LogP contribution < -0.4 is 20.5 Å². The van der Waals surface area contributed by atoms with Crippen LogP contribution >= 0.6 is 11.6 Å². The van der Waals surface area contributed by atoms with E-state index in [2.05, 4.69) is 5.32 Å². The van der Waals surface area contributed by atoms with Crippen molar-refractivity contribution in [3.05, 3.63) is 52.8 Å². The van der Waals surface area contributed by atoms with Crippen molar-refractivity contribution in [1.29, 1.82) is 0 Å². The van der Waals surface area contributed by atoms with Crippen molar-refractivity contribution in [3.63, 3.8) is 0 Å². The molecule has 1 amide bonds. The van der Waals surface area contributed by atoms with Crippen molar-refractivity contribution < 1.29 is 23.0 Å². The van der Waals surface area contributed by atoms with Crippen molar-refractivity contribution in [2.45, 2.75) is 38.9 Å². The van der Waals surface area contributed by atoms with Crippen molar-refractivity contribution in [2.75, 3.05) is 39.1 Å². The van der Waals surface area contributed by atoms with Crippen LogP contribution in [0.25, 0.3) is 0 Å². The average molecular weight is 484 g/mol. The van der Waals surface area contributed by atoms with Gasteiger partial charge in [0.05, 0.1) is 36.0 Å². The summed E-state index contributed by atoms with van der Waals surface area (Å²) in [5.74, 6) is 0.125. The topological polar surface area (TPSA) is 76.8 Å². The van der Waals surface area contributed by atoms with Gasteiger partial charge in [0.1, 0.15) is 23.5 Å². The Hall–Kier alpha value is -2.58. The number of carbonyl (C=O) groups excluding carboxylic acids is 1. The van der Waals surface area contributed by atoms with E-state index in [9.17, 15) is 13.6 Å². The number of likely N-dealkylation sites (tertiary alicyclic amines) is 1. The summed E-state index contributed by atoms with van der Waals surface area (Å²) in [6.07, 6.45) is -0.00935. The van der Waals surface area contributed by atoms with Gasteiger partial charge >= 0.3 is 0 Å². The Balaban J connectivity index is 0.00000187. The number of hydrogen-bond donors (Lipinski definition) is 2. The van der Waals surface area contributed by atoms with Crippen LogP contribution in [-0.2, 0) is 0 Å². The summed E-state index contributed by atoms with van der Waals surface area (Å²) in [4.78, 5) is 14.6. The fourth-order valence-electron chi connectivity index (χ4n) is 3.50. The number of nitrogens with two attached hydrogens (primary N) is 1. The monoisotopic (exact) mass is 483 g/mol. The van der Waals surface area contributed by atoms with Gasteiger partial charge in [0.2, 0.25) is 0 Å². The number of halogens is 3. The summed E-state index contributed by atoms with van der Waals surface area (Å²) in [6, 6.07) is 8.14. The van der Waals surface area contributed by atoms with E-state index in [1.165, 1.54) is 31.4 Å². The van der Waals surface area contributed by atoms with Crippen molar-refractivity contribution >= 4 is 23.2 Å². The first kappa shape index (κ1) is 26.7. The van der Waals surface area contributed by atoms with E-state index in [0.29, 0.717) is 44.0 Å². The summed E-state index contributed by atoms with van der Waals surface area (Å²) in [7, 11) is 1.43. The number of anilines is 1. The SMILES string of the molecule is CC.COc1cc(N)c(Cl)cc1C(=O)N[C@H]1CCN(CCCOc2ccc(F)cc2)C[C@H]1F. The smallest absolute Gasteiger partial charge is 0.255 e. The molecule has 3 rings (SSSR count). The largest absolute Gasteiger partial charge is 0.496 e. The van der Waals surface area contributed by atoms with Gasteiger partial charge in [-0.3, -0.25) is 4.79 Å². The summed E-state index contributed by atoms with van der Waals surface area (Å²) in [5.41, 5.74) is 6.26. The van der Waals surface area contributed by atoms with Crippen molar-refractivity contribution in [2.24, 2.45) is 0 Å². The number of nitrogen functional groups attached to an aromatic ring is 1. The Bertz CT molecular complexity index is 899. The second-order valence-electron chi connectivity index (χ2n) is 7.42. The highest BCUT2D eigenvalue weighted by atomic mass is 35.5. The molecule has 2 atom stereocenters. The minimum absolute atomic E-state index is 0.217. The van der Waals surface area contributed by atoms with Crippen molar-refractivity contribution in [1.82, 2.24) is 10.2 Å². The average Bonchev–Trinajstić information content (AvgIpc) is 2.82. The van der Waals surface area contributed by atoms with Gasteiger partial charge < -0.3 is 25.4 Å². The van der Waals surface area contributed by atoms with Gasteiger partial charge in [-0.15, -0.1) is 0 Å². The standard InChI is InChI=1S/C22H26ClF2N3O3.C2H6/c1-30-21-12-19(26)17(23)11-16(21)22(29)27-20-7-9-28(13-18(20)25)8-2-10-31-15-5-3-14(24)4-6-15;1-2/h3-6,11-12,18,20H,2,7-10,13,26H2,1H3,(H,27,29);1-2H3/t18-,20+;/m1./s1. The first-order chi connectivity index (χ1) is 15.9. The lowest BCUT2D eigenvalue weighted by atomic mass is 10.0. The minimum Gasteiger partial charge on any atom is -0.496 e. The Morgan fingerprint density at radius 1 is 1.27 bits per heavy atom. The third kappa shape index (κ3) is 7.75. The molecular weight excluding hydrogens is 452 g/mol. The summed E-state index contributed by atoms with van der Waals surface area (Å²) >= 11 is 6.02. The van der Waals surface area contributed by atoms with Crippen LogP contribution in [0, 0.1) is 5.82 Å². The van der Waals surface area contributed by atoms with Gasteiger partial charge in [-0.25, -0.2) is 8.78 Å². The molecule has 33 heavy (non-hydrogen) atoms. The summed E-state index contributed by atoms with van der Waals surface area (Å²) in [5, 5.41) is 2.98. The molecule has 0 unspecified atom stereocenters. The number of piperidine rings is 1. The number of alkyl halides is 1. The maximum absolute atomic E-state index is 14.7.